The highest BCUT2D eigenvalue weighted by atomic mass is 16.2. The Morgan fingerprint density at radius 3 is 1.28 bits per heavy atom. The summed E-state index contributed by atoms with van der Waals surface area (Å²) in [5, 5.41) is 6.46. The van der Waals surface area contributed by atoms with Gasteiger partial charge in [0.05, 0.1) is 0 Å². The normalized spacial score (nSPS) is 32.2. The van der Waals surface area contributed by atoms with E-state index < -0.39 is 0 Å². The van der Waals surface area contributed by atoms with Crippen LogP contribution in [-0.2, 0) is 9.59 Å². The average molecular weight is 429 g/mol. The molecule has 2 amide bonds. The van der Waals surface area contributed by atoms with Crippen molar-refractivity contribution in [2.75, 3.05) is 10.6 Å². The number of carbonyl (C=O) groups is 2. The minimum Gasteiger partial charge on any atom is -0.325 e. The number of rotatable bonds is 5. The van der Waals surface area contributed by atoms with Gasteiger partial charge in [-0.2, -0.15) is 0 Å². The van der Waals surface area contributed by atoms with Gasteiger partial charge in [-0.15, -0.1) is 0 Å². The molecular weight excluding hydrogens is 396 g/mol. The number of para-hydroxylation sites is 2. The van der Waals surface area contributed by atoms with Crippen LogP contribution in [-0.4, -0.2) is 11.8 Å². The van der Waals surface area contributed by atoms with Crippen molar-refractivity contribution in [2.24, 2.45) is 35.5 Å². The zero-order valence-corrected chi connectivity index (χ0v) is 18.6. The lowest BCUT2D eigenvalue weighted by Crippen LogP contribution is -2.17. The number of hydrogen-bond acceptors (Lipinski definition) is 2. The van der Waals surface area contributed by atoms with Crippen LogP contribution in [0.4, 0.5) is 11.4 Å². The summed E-state index contributed by atoms with van der Waals surface area (Å²) in [6, 6.07) is 16.0. The predicted octanol–water partition coefficient (Wildman–Crippen LogP) is 6.10. The Morgan fingerprint density at radius 1 is 0.562 bits per heavy atom. The Morgan fingerprint density at radius 2 is 0.906 bits per heavy atom. The smallest absolute Gasteiger partial charge is 0.228 e. The maximum Gasteiger partial charge on any atom is 0.228 e. The zero-order valence-electron chi connectivity index (χ0n) is 18.6. The van der Waals surface area contributed by atoms with E-state index in [1.54, 1.807) is 0 Å². The highest BCUT2D eigenvalue weighted by molar-refractivity contribution is 6.02. The Bertz CT molecular complexity index is 940. The van der Waals surface area contributed by atoms with Crippen molar-refractivity contribution in [1.82, 2.24) is 0 Å². The van der Waals surface area contributed by atoms with E-state index in [0.717, 1.165) is 22.5 Å². The molecule has 4 fully saturated rings. The molecule has 0 aromatic heterocycles. The molecule has 0 radical (unpaired) electrons. The number of amides is 2. The molecule has 166 valence electrons. The first-order valence-electron chi connectivity index (χ1n) is 12.5. The van der Waals surface area contributed by atoms with E-state index in [-0.39, 0.29) is 23.7 Å². The molecule has 6 rings (SSSR count). The summed E-state index contributed by atoms with van der Waals surface area (Å²) in [6.45, 7) is 0. The molecule has 2 aromatic carbocycles. The summed E-state index contributed by atoms with van der Waals surface area (Å²) >= 11 is 0. The molecule has 0 spiro atoms. The molecule has 0 aliphatic heterocycles. The van der Waals surface area contributed by atoms with Gasteiger partial charge in [-0.3, -0.25) is 9.59 Å². The lowest BCUT2D eigenvalue weighted by Gasteiger charge is -2.15. The van der Waals surface area contributed by atoms with Gasteiger partial charge in [0.1, 0.15) is 0 Å². The number of nitrogens with one attached hydrogen (secondary N) is 2. The van der Waals surface area contributed by atoms with Gasteiger partial charge in [0.25, 0.3) is 0 Å². The third kappa shape index (κ3) is 3.54. The fourth-order valence-electron chi connectivity index (χ4n) is 6.85. The van der Waals surface area contributed by atoms with Crippen LogP contribution < -0.4 is 10.6 Å². The van der Waals surface area contributed by atoms with E-state index in [2.05, 4.69) is 10.6 Å². The molecule has 4 heteroatoms. The maximum absolute atomic E-state index is 13.0. The van der Waals surface area contributed by atoms with Gasteiger partial charge in [0.15, 0.2) is 0 Å². The van der Waals surface area contributed by atoms with E-state index in [1.165, 1.54) is 51.4 Å². The fraction of sp³-hybridized carbons (Fsp3) is 0.500. The Balaban J connectivity index is 1.22. The van der Waals surface area contributed by atoms with Crippen molar-refractivity contribution in [3.8, 4) is 11.1 Å². The minimum absolute atomic E-state index is 0.165. The van der Waals surface area contributed by atoms with Crippen LogP contribution in [0.3, 0.4) is 0 Å². The first-order chi connectivity index (χ1) is 15.7. The summed E-state index contributed by atoms with van der Waals surface area (Å²) in [5.41, 5.74) is 3.60. The van der Waals surface area contributed by atoms with Gasteiger partial charge in [0.2, 0.25) is 11.8 Å². The number of carbonyl (C=O) groups excluding carboxylic acids is 2. The van der Waals surface area contributed by atoms with Crippen LogP contribution in [0.1, 0.15) is 51.4 Å². The molecule has 0 bridgehead atoms. The van der Waals surface area contributed by atoms with Crippen molar-refractivity contribution in [3.05, 3.63) is 48.5 Å². The Hall–Kier alpha value is -2.62. The quantitative estimate of drug-likeness (QED) is 0.604. The van der Waals surface area contributed by atoms with E-state index >= 15 is 0 Å². The predicted molar refractivity (Wildman–Crippen MR) is 127 cm³/mol. The van der Waals surface area contributed by atoms with Crippen molar-refractivity contribution >= 4 is 23.2 Å². The molecule has 4 nitrogen and oxygen atoms in total. The summed E-state index contributed by atoms with van der Waals surface area (Å²) < 4.78 is 0. The van der Waals surface area contributed by atoms with Gasteiger partial charge < -0.3 is 10.6 Å². The zero-order chi connectivity index (χ0) is 21.7. The number of fused-ring (bicyclic) bond motifs is 2. The molecule has 2 N–H and O–H groups in total. The average Bonchev–Trinajstić information content (AvgIpc) is 3.72. The number of anilines is 2. The van der Waals surface area contributed by atoms with E-state index in [4.69, 9.17) is 0 Å². The van der Waals surface area contributed by atoms with Gasteiger partial charge in [-0.05, 0) is 61.5 Å². The Kier molecular flexibility index (Phi) is 5.04. The Labute approximate surface area is 190 Å². The SMILES string of the molecule is O=C(Nc1ccccc1-c1ccccc1NC(=O)C1C2CCCCC21)C1C2CCCCC21. The summed E-state index contributed by atoms with van der Waals surface area (Å²) in [4.78, 5) is 26.1. The lowest BCUT2D eigenvalue weighted by molar-refractivity contribution is -0.118. The van der Waals surface area contributed by atoms with E-state index in [9.17, 15) is 9.59 Å². The summed E-state index contributed by atoms with van der Waals surface area (Å²) in [6.07, 6.45) is 9.83. The van der Waals surface area contributed by atoms with Crippen LogP contribution in [0.2, 0.25) is 0 Å². The highest BCUT2D eigenvalue weighted by Crippen LogP contribution is 2.56. The third-order valence-corrected chi connectivity index (χ3v) is 8.58. The molecule has 4 saturated carbocycles. The molecule has 4 unspecified atom stereocenters. The van der Waals surface area contributed by atoms with Gasteiger partial charge in [0, 0.05) is 34.3 Å². The van der Waals surface area contributed by atoms with Crippen LogP contribution in [0.5, 0.6) is 0 Å². The summed E-state index contributed by atoms with van der Waals surface area (Å²) in [7, 11) is 0. The van der Waals surface area contributed by atoms with Crippen LogP contribution in [0, 0.1) is 35.5 Å². The first kappa shape index (κ1) is 20.0. The fourth-order valence-corrected chi connectivity index (χ4v) is 6.85. The second kappa shape index (κ2) is 8.06. The molecular formula is C28H32N2O2. The van der Waals surface area contributed by atoms with Gasteiger partial charge >= 0.3 is 0 Å². The van der Waals surface area contributed by atoms with Crippen LogP contribution in [0.25, 0.3) is 11.1 Å². The molecule has 0 heterocycles. The lowest BCUT2D eigenvalue weighted by atomic mass is 10.0. The molecule has 4 atom stereocenters. The van der Waals surface area contributed by atoms with Crippen molar-refractivity contribution in [3.63, 3.8) is 0 Å². The van der Waals surface area contributed by atoms with Gasteiger partial charge in [-0.25, -0.2) is 0 Å². The van der Waals surface area contributed by atoms with Gasteiger partial charge in [-0.1, -0.05) is 62.1 Å². The standard InChI is InChI=1S/C28H32N2O2/c31-27(25-19-11-1-2-12-20(19)25)29-23-15-7-5-9-17(23)18-10-6-8-16-24(18)30-28(32)26-21-13-3-4-14-22(21)26/h5-10,15-16,19-22,25-26H,1-4,11-14H2,(H,29,31)(H,30,32). The van der Waals surface area contributed by atoms with Crippen LogP contribution in [0.15, 0.2) is 48.5 Å². The van der Waals surface area contributed by atoms with Crippen molar-refractivity contribution < 1.29 is 9.59 Å². The van der Waals surface area contributed by atoms with E-state index in [1.807, 2.05) is 48.5 Å². The summed E-state index contributed by atoms with van der Waals surface area (Å²) in [5.74, 6) is 3.04. The maximum atomic E-state index is 13.0. The molecule has 2 aromatic rings. The number of hydrogen-bond donors (Lipinski definition) is 2. The first-order valence-corrected chi connectivity index (χ1v) is 12.5. The molecule has 0 saturated heterocycles. The second-order valence-corrected chi connectivity index (χ2v) is 10.3. The molecule has 4 aliphatic carbocycles. The van der Waals surface area contributed by atoms with Crippen LogP contribution >= 0.6 is 0 Å². The molecule has 32 heavy (non-hydrogen) atoms. The highest BCUT2D eigenvalue weighted by Gasteiger charge is 2.55. The molecule has 4 aliphatic rings. The third-order valence-electron chi connectivity index (χ3n) is 8.58. The largest absolute Gasteiger partial charge is 0.325 e. The van der Waals surface area contributed by atoms with E-state index in [0.29, 0.717) is 23.7 Å². The van der Waals surface area contributed by atoms with Crippen molar-refractivity contribution in [2.45, 2.75) is 51.4 Å². The topological polar surface area (TPSA) is 58.2 Å². The second-order valence-electron chi connectivity index (χ2n) is 10.3. The van der Waals surface area contributed by atoms with Crippen molar-refractivity contribution in [1.29, 1.82) is 0 Å². The monoisotopic (exact) mass is 428 g/mol. The minimum atomic E-state index is 0.165. The number of benzene rings is 2.